The van der Waals surface area contributed by atoms with E-state index >= 15 is 0 Å². The van der Waals surface area contributed by atoms with Gasteiger partial charge in [0, 0.05) is 40.9 Å². The van der Waals surface area contributed by atoms with E-state index in [0.717, 1.165) is 12.8 Å². The highest BCUT2D eigenvalue weighted by Gasteiger charge is 2.43. The Balaban J connectivity index is 1.47. The Morgan fingerprint density at radius 1 is 1.21 bits per heavy atom. The van der Waals surface area contributed by atoms with Crippen molar-refractivity contribution in [3.8, 4) is 28.5 Å². The van der Waals surface area contributed by atoms with Gasteiger partial charge in [-0.2, -0.15) is 13.2 Å². The minimum atomic E-state index is -4.72. The molecule has 1 amide bonds. The van der Waals surface area contributed by atoms with E-state index < -0.39 is 24.5 Å². The molecule has 2 aliphatic rings. The predicted molar refractivity (Wildman–Crippen MR) is 154 cm³/mol. The molecule has 2 heterocycles. The van der Waals surface area contributed by atoms with Gasteiger partial charge in [0.05, 0.1) is 43.3 Å². The Morgan fingerprint density at radius 3 is 2.62 bits per heavy atom. The molecule has 0 spiro atoms. The van der Waals surface area contributed by atoms with Gasteiger partial charge in [0.25, 0.3) is 5.91 Å². The largest absolute Gasteiger partial charge is 0.495 e. The molecule has 3 aromatic rings. The second kappa shape index (κ2) is 11.7. The van der Waals surface area contributed by atoms with Gasteiger partial charge in [-0.3, -0.25) is 9.79 Å². The number of carbonyl (C=O) groups is 1. The van der Waals surface area contributed by atoms with Gasteiger partial charge in [-0.1, -0.05) is 24.6 Å². The fourth-order valence-electron chi connectivity index (χ4n) is 4.72. The second-order valence-corrected chi connectivity index (χ2v) is 10.8. The van der Waals surface area contributed by atoms with Crippen molar-refractivity contribution in [3.63, 3.8) is 0 Å². The number of halogens is 4. The van der Waals surface area contributed by atoms with Gasteiger partial charge in [-0.25, -0.2) is 4.98 Å². The van der Waals surface area contributed by atoms with E-state index in [0.29, 0.717) is 39.8 Å². The molecule has 8 nitrogen and oxygen atoms in total. The highest BCUT2D eigenvalue weighted by atomic mass is 35.5. The molecule has 2 atom stereocenters. The maximum Gasteiger partial charge on any atom is 0.398 e. The van der Waals surface area contributed by atoms with Crippen molar-refractivity contribution in [2.45, 2.75) is 43.8 Å². The molecule has 0 saturated heterocycles. The molecule has 0 radical (unpaired) electrons. The molecule has 222 valence electrons. The summed E-state index contributed by atoms with van der Waals surface area (Å²) in [5.41, 5.74) is 8.07. The van der Waals surface area contributed by atoms with E-state index in [9.17, 15) is 18.0 Å². The van der Waals surface area contributed by atoms with E-state index in [4.69, 9.17) is 31.5 Å². The third-order valence-corrected chi connectivity index (χ3v) is 7.61. The van der Waals surface area contributed by atoms with Crippen molar-refractivity contribution >= 4 is 29.4 Å². The number of rotatable bonds is 9. The van der Waals surface area contributed by atoms with Crippen LogP contribution in [0.15, 0.2) is 41.4 Å². The number of hydrogen-bond donors (Lipinski definition) is 2. The lowest BCUT2D eigenvalue weighted by molar-refractivity contribution is -0.149. The molecule has 12 heteroatoms. The van der Waals surface area contributed by atoms with Crippen molar-refractivity contribution in [1.82, 2.24) is 10.3 Å². The van der Waals surface area contributed by atoms with Crippen LogP contribution in [0, 0.1) is 0 Å². The van der Waals surface area contributed by atoms with E-state index in [1.807, 2.05) is 6.92 Å². The maximum absolute atomic E-state index is 14.5. The number of benzene rings is 2. The highest BCUT2D eigenvalue weighted by molar-refractivity contribution is 6.32. The molecule has 1 fully saturated rings. The zero-order valence-corrected chi connectivity index (χ0v) is 24.0. The predicted octanol–water partition coefficient (Wildman–Crippen LogP) is 6.15. The van der Waals surface area contributed by atoms with Crippen molar-refractivity contribution in [3.05, 3.63) is 63.8 Å². The minimum Gasteiger partial charge on any atom is -0.495 e. The average Bonchev–Trinajstić information content (AvgIpc) is 3.72. The lowest BCUT2D eigenvalue weighted by atomic mass is 9.95. The van der Waals surface area contributed by atoms with Gasteiger partial charge in [0.15, 0.2) is 0 Å². The molecule has 1 aliphatic carbocycles. The van der Waals surface area contributed by atoms with Crippen LogP contribution in [0.3, 0.4) is 0 Å². The second-order valence-electron chi connectivity index (χ2n) is 10.4. The van der Waals surface area contributed by atoms with Crippen LogP contribution < -0.4 is 25.3 Å². The number of nitrogens with zero attached hydrogens (tertiary/aromatic N) is 2. The number of anilines is 1. The van der Waals surface area contributed by atoms with Crippen molar-refractivity contribution in [2.24, 2.45) is 4.99 Å². The average molecular weight is 603 g/mol. The summed E-state index contributed by atoms with van der Waals surface area (Å²) in [6.07, 6.45) is -1.20. The molecule has 2 aromatic carbocycles. The van der Waals surface area contributed by atoms with Crippen LogP contribution in [0.4, 0.5) is 18.9 Å². The summed E-state index contributed by atoms with van der Waals surface area (Å²) in [4.78, 5) is 22.0. The van der Waals surface area contributed by atoms with Crippen molar-refractivity contribution in [1.29, 1.82) is 0 Å². The van der Waals surface area contributed by atoms with Crippen LogP contribution in [0.2, 0.25) is 5.02 Å². The SMILES string of the molecule is COc1cc(-c2nc(C(CNC(=O)c3cc(C=NC4CC4)c(N)c(OC)c3)C(F)(F)F)cc3c2OCC3C)ccc1Cl. The third kappa shape index (κ3) is 6.11. The topological polar surface area (TPSA) is 108 Å². The molecule has 2 unspecified atom stereocenters. The maximum atomic E-state index is 14.5. The monoisotopic (exact) mass is 602 g/mol. The number of nitrogen functional groups attached to an aromatic ring is 1. The number of nitrogens with one attached hydrogen (secondary N) is 1. The summed E-state index contributed by atoms with van der Waals surface area (Å²) >= 11 is 6.17. The molecule has 3 N–H and O–H groups in total. The van der Waals surface area contributed by atoms with Crippen molar-refractivity contribution < 1.29 is 32.2 Å². The highest BCUT2D eigenvalue weighted by Crippen LogP contribution is 2.45. The first-order chi connectivity index (χ1) is 20.0. The fourth-order valence-corrected chi connectivity index (χ4v) is 4.91. The number of fused-ring (bicyclic) bond motifs is 1. The number of alkyl halides is 3. The van der Waals surface area contributed by atoms with Crippen LogP contribution >= 0.6 is 11.6 Å². The number of amides is 1. The normalized spacial score (nSPS) is 17.1. The Morgan fingerprint density at radius 2 is 1.95 bits per heavy atom. The number of hydrogen-bond acceptors (Lipinski definition) is 7. The summed E-state index contributed by atoms with van der Waals surface area (Å²) < 4.78 is 60.0. The lowest BCUT2D eigenvalue weighted by Gasteiger charge is -2.22. The smallest absolute Gasteiger partial charge is 0.398 e. The number of aliphatic imine (C=N–C) groups is 1. The van der Waals surface area contributed by atoms with E-state index in [-0.39, 0.29) is 40.3 Å². The summed E-state index contributed by atoms with van der Waals surface area (Å²) in [6.45, 7) is 1.42. The van der Waals surface area contributed by atoms with Crippen LogP contribution in [0.5, 0.6) is 17.2 Å². The van der Waals surface area contributed by atoms with E-state index in [1.165, 1.54) is 32.4 Å². The Hall–Kier alpha value is -3.99. The van der Waals surface area contributed by atoms with Crippen LogP contribution in [0.1, 0.15) is 58.8 Å². The number of methoxy groups -OCH3 is 2. The number of ether oxygens (including phenoxy) is 3. The number of carbonyl (C=O) groups excluding carboxylic acids is 1. The lowest BCUT2D eigenvalue weighted by Crippen LogP contribution is -2.35. The molecule has 1 aliphatic heterocycles. The molecule has 5 rings (SSSR count). The standard InChI is InChI=1S/C30H30ClF3N4O4/c1-15-14-42-28-20(15)11-23(38-27(28)16-4-7-22(31)24(9-16)40-2)21(30(32,33)34)13-37-29(39)17-8-18(12-36-19-5-6-19)26(35)25(10-17)41-3/h4,7-12,15,19,21H,5-6,13-14,35H2,1-3H3,(H,37,39). The van der Waals surface area contributed by atoms with Crippen LogP contribution in [0.25, 0.3) is 11.3 Å². The van der Waals surface area contributed by atoms with Gasteiger partial charge in [-0.15, -0.1) is 0 Å². The molecular formula is C30H30ClF3N4O4. The van der Waals surface area contributed by atoms with Gasteiger partial charge in [-0.05, 0) is 43.2 Å². The van der Waals surface area contributed by atoms with Gasteiger partial charge in [0.2, 0.25) is 0 Å². The molecule has 1 aromatic heterocycles. The number of pyridine rings is 1. The first-order valence-electron chi connectivity index (χ1n) is 13.4. The zero-order chi connectivity index (χ0) is 30.2. The van der Waals surface area contributed by atoms with Gasteiger partial charge in [0.1, 0.15) is 28.9 Å². The van der Waals surface area contributed by atoms with Gasteiger partial charge < -0.3 is 25.3 Å². The minimum absolute atomic E-state index is 0.0945. The molecular weight excluding hydrogens is 573 g/mol. The van der Waals surface area contributed by atoms with Crippen LogP contribution in [-0.2, 0) is 0 Å². The van der Waals surface area contributed by atoms with Crippen LogP contribution in [-0.4, -0.2) is 56.7 Å². The molecule has 42 heavy (non-hydrogen) atoms. The third-order valence-electron chi connectivity index (χ3n) is 7.30. The number of nitrogens with two attached hydrogens (primary N) is 1. The summed E-state index contributed by atoms with van der Waals surface area (Å²) in [5.74, 6) is -1.99. The van der Waals surface area contributed by atoms with Crippen molar-refractivity contribution in [2.75, 3.05) is 33.1 Å². The Labute approximate surface area is 246 Å². The number of aromatic nitrogens is 1. The van der Waals surface area contributed by atoms with Gasteiger partial charge >= 0.3 is 6.18 Å². The molecule has 0 bridgehead atoms. The summed E-state index contributed by atoms with van der Waals surface area (Å²) in [6, 6.07) is 9.33. The Bertz CT molecular complexity index is 1540. The summed E-state index contributed by atoms with van der Waals surface area (Å²) in [5, 5.41) is 2.78. The van der Waals surface area contributed by atoms with E-state index in [2.05, 4.69) is 15.3 Å². The first-order valence-corrected chi connectivity index (χ1v) is 13.7. The molecule has 1 saturated carbocycles. The zero-order valence-electron chi connectivity index (χ0n) is 23.2. The first kappa shape index (κ1) is 29.5. The summed E-state index contributed by atoms with van der Waals surface area (Å²) in [7, 11) is 2.84. The van der Waals surface area contributed by atoms with E-state index in [1.54, 1.807) is 24.4 Å². The Kier molecular flexibility index (Phi) is 8.23. The quantitative estimate of drug-likeness (QED) is 0.225. The fraction of sp³-hybridized carbons (Fsp3) is 0.367.